The Morgan fingerprint density at radius 1 is 1.47 bits per heavy atom. The highest BCUT2D eigenvalue weighted by Gasteiger charge is 2.41. The van der Waals surface area contributed by atoms with Crippen LogP contribution in [0.5, 0.6) is 0 Å². The normalized spacial score (nSPS) is 19.4. The Kier molecular flexibility index (Phi) is 3.15. The third-order valence-electron chi connectivity index (χ3n) is 3.25. The molecule has 2 rings (SSSR count). The van der Waals surface area contributed by atoms with Gasteiger partial charge in [0.05, 0.1) is 6.10 Å². The molecule has 4 heteroatoms. The predicted octanol–water partition coefficient (Wildman–Crippen LogP) is 2.69. The molecule has 1 fully saturated rings. The number of carboxylic acids is 1. The molecule has 3 nitrogen and oxygen atoms in total. The van der Waals surface area contributed by atoms with Crippen molar-refractivity contribution in [2.75, 3.05) is 0 Å². The number of rotatable bonds is 4. The number of carbonyl (C=O) groups is 1. The number of carboxylic acid groups (broad SMARTS) is 1. The van der Waals surface area contributed by atoms with E-state index >= 15 is 0 Å². The van der Waals surface area contributed by atoms with Crippen LogP contribution in [0.2, 0.25) is 0 Å². The minimum atomic E-state index is -1.60. The van der Waals surface area contributed by atoms with Crippen molar-refractivity contribution in [3.63, 3.8) is 0 Å². The van der Waals surface area contributed by atoms with Gasteiger partial charge in [0.1, 0.15) is 5.82 Å². The molecule has 92 valence electrons. The molecule has 1 atom stereocenters. The van der Waals surface area contributed by atoms with E-state index in [1.54, 1.807) is 6.07 Å². The molecule has 0 radical (unpaired) electrons. The van der Waals surface area contributed by atoms with Gasteiger partial charge in [-0.25, -0.2) is 9.18 Å². The van der Waals surface area contributed by atoms with E-state index in [0.717, 1.165) is 19.3 Å². The average Bonchev–Trinajstić information content (AvgIpc) is 2.23. The summed E-state index contributed by atoms with van der Waals surface area (Å²) in [6, 6.07) is 5.86. The summed E-state index contributed by atoms with van der Waals surface area (Å²) in [4.78, 5) is 11.4. The predicted molar refractivity (Wildman–Crippen MR) is 60.1 cm³/mol. The highest BCUT2D eigenvalue weighted by Crippen LogP contribution is 2.34. The second-order valence-corrected chi connectivity index (χ2v) is 4.49. The van der Waals surface area contributed by atoms with Crippen LogP contribution in [-0.4, -0.2) is 17.2 Å². The zero-order chi connectivity index (χ0) is 12.5. The van der Waals surface area contributed by atoms with Gasteiger partial charge in [-0.05, 0) is 32.3 Å². The quantitative estimate of drug-likeness (QED) is 0.877. The van der Waals surface area contributed by atoms with Crippen molar-refractivity contribution >= 4 is 5.97 Å². The second-order valence-electron chi connectivity index (χ2n) is 4.49. The number of halogens is 1. The van der Waals surface area contributed by atoms with E-state index in [4.69, 9.17) is 4.74 Å². The first kappa shape index (κ1) is 12.0. The van der Waals surface area contributed by atoms with Crippen LogP contribution in [0.1, 0.15) is 31.7 Å². The van der Waals surface area contributed by atoms with Crippen LogP contribution in [0, 0.1) is 5.82 Å². The summed E-state index contributed by atoms with van der Waals surface area (Å²) in [5.41, 5.74) is -1.52. The van der Waals surface area contributed by atoms with Gasteiger partial charge in [-0.1, -0.05) is 18.2 Å². The van der Waals surface area contributed by atoms with Crippen LogP contribution >= 0.6 is 0 Å². The molecule has 0 spiro atoms. The lowest BCUT2D eigenvalue weighted by atomic mass is 9.91. The SMILES string of the molecule is CC(OC1CCC1)(C(=O)O)c1ccccc1F. The molecule has 1 aliphatic carbocycles. The highest BCUT2D eigenvalue weighted by atomic mass is 19.1. The fourth-order valence-corrected chi connectivity index (χ4v) is 1.90. The van der Waals surface area contributed by atoms with Crippen molar-refractivity contribution in [3.05, 3.63) is 35.6 Å². The average molecular weight is 238 g/mol. The summed E-state index contributed by atoms with van der Waals surface area (Å²) < 4.78 is 19.2. The van der Waals surface area contributed by atoms with Gasteiger partial charge in [-0.3, -0.25) is 0 Å². The van der Waals surface area contributed by atoms with Crippen LogP contribution < -0.4 is 0 Å². The van der Waals surface area contributed by atoms with E-state index in [1.165, 1.54) is 25.1 Å². The largest absolute Gasteiger partial charge is 0.479 e. The second kappa shape index (κ2) is 4.45. The molecular weight excluding hydrogens is 223 g/mol. The molecule has 1 aliphatic rings. The van der Waals surface area contributed by atoms with Gasteiger partial charge < -0.3 is 9.84 Å². The summed E-state index contributed by atoms with van der Waals surface area (Å²) in [6.07, 6.45) is 2.66. The maximum atomic E-state index is 13.7. The Balaban J connectivity index is 2.33. The number of benzene rings is 1. The minimum absolute atomic E-state index is 0.0734. The maximum Gasteiger partial charge on any atom is 0.340 e. The highest BCUT2D eigenvalue weighted by molar-refractivity contribution is 5.79. The van der Waals surface area contributed by atoms with Crippen LogP contribution in [0.25, 0.3) is 0 Å². The molecule has 1 aromatic rings. The maximum absolute atomic E-state index is 13.7. The minimum Gasteiger partial charge on any atom is -0.479 e. The zero-order valence-electron chi connectivity index (χ0n) is 9.65. The third-order valence-corrected chi connectivity index (χ3v) is 3.25. The fraction of sp³-hybridized carbons (Fsp3) is 0.462. The van der Waals surface area contributed by atoms with Crippen molar-refractivity contribution in [2.45, 2.75) is 37.9 Å². The molecule has 1 saturated carbocycles. The Morgan fingerprint density at radius 2 is 2.12 bits per heavy atom. The van der Waals surface area contributed by atoms with Crippen molar-refractivity contribution in [3.8, 4) is 0 Å². The first-order valence-corrected chi connectivity index (χ1v) is 5.70. The summed E-state index contributed by atoms with van der Waals surface area (Å²) >= 11 is 0. The fourth-order valence-electron chi connectivity index (χ4n) is 1.90. The van der Waals surface area contributed by atoms with Gasteiger partial charge >= 0.3 is 5.97 Å². The molecule has 0 saturated heterocycles. The van der Waals surface area contributed by atoms with Gasteiger partial charge in [-0.2, -0.15) is 0 Å². The lowest BCUT2D eigenvalue weighted by molar-refractivity contribution is -0.180. The molecule has 1 N–H and O–H groups in total. The summed E-state index contributed by atoms with van der Waals surface area (Å²) in [6.45, 7) is 1.41. The van der Waals surface area contributed by atoms with Gasteiger partial charge in [0.25, 0.3) is 0 Å². The van der Waals surface area contributed by atoms with Gasteiger partial charge in [0.2, 0.25) is 0 Å². The Morgan fingerprint density at radius 3 is 2.59 bits per heavy atom. The van der Waals surface area contributed by atoms with Crippen LogP contribution in [-0.2, 0) is 15.1 Å². The van der Waals surface area contributed by atoms with E-state index < -0.39 is 17.4 Å². The first-order valence-electron chi connectivity index (χ1n) is 5.70. The summed E-state index contributed by atoms with van der Waals surface area (Å²) in [7, 11) is 0. The van der Waals surface area contributed by atoms with Crippen molar-refractivity contribution in [2.24, 2.45) is 0 Å². The molecule has 1 aromatic carbocycles. The van der Waals surface area contributed by atoms with Gasteiger partial charge in [0.15, 0.2) is 5.60 Å². The zero-order valence-corrected chi connectivity index (χ0v) is 9.65. The van der Waals surface area contributed by atoms with E-state index in [0.29, 0.717) is 0 Å². The van der Waals surface area contributed by atoms with E-state index in [-0.39, 0.29) is 11.7 Å². The Labute approximate surface area is 99.2 Å². The standard InChI is InChI=1S/C13H15FO3/c1-13(12(15)16,17-9-5-4-6-9)10-7-2-3-8-11(10)14/h2-3,7-9H,4-6H2,1H3,(H,15,16). The topological polar surface area (TPSA) is 46.5 Å². The van der Waals surface area contributed by atoms with Gasteiger partial charge in [-0.15, -0.1) is 0 Å². The van der Waals surface area contributed by atoms with E-state index in [9.17, 15) is 14.3 Å². The Bertz CT molecular complexity index is 428. The van der Waals surface area contributed by atoms with E-state index in [1.807, 2.05) is 0 Å². The molecule has 0 amide bonds. The monoisotopic (exact) mass is 238 g/mol. The lowest BCUT2D eigenvalue weighted by Crippen LogP contribution is -2.41. The van der Waals surface area contributed by atoms with E-state index in [2.05, 4.69) is 0 Å². The molecule has 0 aliphatic heterocycles. The van der Waals surface area contributed by atoms with Crippen molar-refractivity contribution in [1.82, 2.24) is 0 Å². The molecular formula is C13H15FO3. The van der Waals surface area contributed by atoms with Crippen LogP contribution in [0.15, 0.2) is 24.3 Å². The van der Waals surface area contributed by atoms with Crippen molar-refractivity contribution in [1.29, 1.82) is 0 Å². The third kappa shape index (κ3) is 2.17. The molecule has 0 aromatic heterocycles. The van der Waals surface area contributed by atoms with Gasteiger partial charge in [0, 0.05) is 5.56 Å². The summed E-state index contributed by atoms with van der Waals surface area (Å²) in [5, 5.41) is 9.29. The molecule has 0 heterocycles. The van der Waals surface area contributed by atoms with Crippen LogP contribution in [0.4, 0.5) is 4.39 Å². The number of hydrogen-bond donors (Lipinski definition) is 1. The first-order chi connectivity index (χ1) is 8.04. The summed E-state index contributed by atoms with van der Waals surface area (Å²) in [5.74, 6) is -1.70. The lowest BCUT2D eigenvalue weighted by Gasteiger charge is -2.35. The number of ether oxygens (including phenoxy) is 1. The molecule has 1 unspecified atom stereocenters. The molecule has 17 heavy (non-hydrogen) atoms. The van der Waals surface area contributed by atoms with Crippen molar-refractivity contribution < 1.29 is 19.0 Å². The number of aliphatic carboxylic acids is 1. The number of hydrogen-bond acceptors (Lipinski definition) is 2. The Hall–Kier alpha value is -1.42. The molecule has 0 bridgehead atoms. The van der Waals surface area contributed by atoms with Crippen LogP contribution in [0.3, 0.4) is 0 Å². The smallest absolute Gasteiger partial charge is 0.340 e.